The molecule has 7 heteroatoms. The Morgan fingerprint density at radius 3 is 2.14 bits per heavy atom. The zero-order valence-electron chi connectivity index (χ0n) is 11.2. The lowest BCUT2D eigenvalue weighted by atomic mass is 9.98. The fourth-order valence-corrected chi connectivity index (χ4v) is 1.97. The van der Waals surface area contributed by atoms with Crippen LogP contribution in [0, 0.1) is 6.92 Å². The Morgan fingerprint density at radius 2 is 1.55 bits per heavy atom. The first kappa shape index (κ1) is 16.2. The molecular weight excluding hydrogens is 310 g/mol. The second kappa shape index (κ2) is 5.55. The summed E-state index contributed by atoms with van der Waals surface area (Å²) in [4.78, 5) is 0. The number of benzene rings is 2. The van der Waals surface area contributed by atoms with Crippen LogP contribution < -0.4 is 4.74 Å². The van der Waals surface area contributed by atoms with Crippen LogP contribution in [0.1, 0.15) is 11.1 Å². The molecule has 0 bridgehead atoms. The van der Waals surface area contributed by atoms with Crippen molar-refractivity contribution in [3.05, 3.63) is 53.6 Å². The van der Waals surface area contributed by atoms with Crippen LogP contribution in [0.15, 0.2) is 42.5 Å². The molecule has 2 aromatic carbocycles. The molecule has 0 spiro atoms. The van der Waals surface area contributed by atoms with Gasteiger partial charge in [0.15, 0.2) is 0 Å². The number of rotatable bonds is 2. The smallest absolute Gasteiger partial charge is 0.406 e. The zero-order chi connectivity index (χ0) is 16.5. The Morgan fingerprint density at radius 1 is 0.864 bits per heavy atom. The first-order valence-corrected chi connectivity index (χ1v) is 6.10. The first-order chi connectivity index (χ1) is 10.1. The molecule has 0 radical (unpaired) electrons. The summed E-state index contributed by atoms with van der Waals surface area (Å²) in [5, 5.41) is 0. The minimum absolute atomic E-state index is 0.197. The minimum atomic E-state index is -4.86. The number of aryl methyl sites for hydroxylation is 1. The van der Waals surface area contributed by atoms with Gasteiger partial charge in [-0.15, -0.1) is 13.2 Å². The van der Waals surface area contributed by atoms with Crippen LogP contribution in [-0.2, 0) is 6.18 Å². The predicted molar refractivity (Wildman–Crippen MR) is 68.3 cm³/mol. The second-order valence-corrected chi connectivity index (χ2v) is 4.60. The summed E-state index contributed by atoms with van der Waals surface area (Å²) in [6.45, 7) is 1.58. The molecule has 0 fully saturated rings. The molecule has 0 aliphatic carbocycles. The van der Waals surface area contributed by atoms with Crippen molar-refractivity contribution in [2.45, 2.75) is 19.5 Å². The van der Waals surface area contributed by atoms with E-state index in [1.807, 2.05) is 0 Å². The highest BCUT2D eigenvalue weighted by molar-refractivity contribution is 5.69. The van der Waals surface area contributed by atoms with Crippen LogP contribution in [0.3, 0.4) is 0 Å². The molecule has 0 N–H and O–H groups in total. The summed E-state index contributed by atoms with van der Waals surface area (Å²) in [5.74, 6) is -0.484. The van der Waals surface area contributed by atoms with Gasteiger partial charge in [0, 0.05) is 0 Å². The van der Waals surface area contributed by atoms with E-state index in [0.29, 0.717) is 5.56 Å². The van der Waals surface area contributed by atoms with E-state index in [9.17, 15) is 26.3 Å². The van der Waals surface area contributed by atoms with Crippen molar-refractivity contribution >= 4 is 0 Å². The Balaban J connectivity index is 2.46. The largest absolute Gasteiger partial charge is 0.573 e. The van der Waals surface area contributed by atoms with Gasteiger partial charge in [0.2, 0.25) is 0 Å². The maximum absolute atomic E-state index is 12.7. The highest BCUT2D eigenvalue weighted by atomic mass is 19.4. The summed E-state index contributed by atoms with van der Waals surface area (Å²) < 4.78 is 78.6. The van der Waals surface area contributed by atoms with Crippen molar-refractivity contribution < 1.29 is 31.1 Å². The van der Waals surface area contributed by atoms with E-state index in [4.69, 9.17) is 0 Å². The number of halogens is 6. The van der Waals surface area contributed by atoms with Crippen LogP contribution in [0.4, 0.5) is 26.3 Å². The van der Waals surface area contributed by atoms with E-state index in [1.165, 1.54) is 18.2 Å². The summed E-state index contributed by atoms with van der Waals surface area (Å²) in [5.41, 5.74) is 0.0557. The van der Waals surface area contributed by atoms with Crippen molar-refractivity contribution in [2.75, 3.05) is 0 Å². The van der Waals surface area contributed by atoms with Gasteiger partial charge in [0.25, 0.3) is 0 Å². The van der Waals surface area contributed by atoms with Gasteiger partial charge in [0.1, 0.15) is 5.75 Å². The van der Waals surface area contributed by atoms with Crippen LogP contribution in [0.25, 0.3) is 11.1 Å². The van der Waals surface area contributed by atoms with Gasteiger partial charge < -0.3 is 4.74 Å². The van der Waals surface area contributed by atoms with Crippen LogP contribution in [-0.4, -0.2) is 6.36 Å². The van der Waals surface area contributed by atoms with Crippen LogP contribution in [0.2, 0.25) is 0 Å². The fraction of sp³-hybridized carbons (Fsp3) is 0.200. The molecule has 0 heterocycles. The highest BCUT2D eigenvalue weighted by Crippen LogP contribution is 2.35. The molecule has 2 rings (SSSR count). The van der Waals surface area contributed by atoms with E-state index in [-0.39, 0.29) is 11.1 Å². The third kappa shape index (κ3) is 3.93. The molecule has 1 nitrogen and oxygen atoms in total. The Kier molecular flexibility index (Phi) is 4.08. The number of hydrogen-bond acceptors (Lipinski definition) is 1. The Hall–Kier alpha value is -2.18. The molecule has 0 saturated carbocycles. The number of alkyl halides is 6. The van der Waals surface area contributed by atoms with Gasteiger partial charge in [-0.2, -0.15) is 13.2 Å². The van der Waals surface area contributed by atoms with Gasteiger partial charge in [0.05, 0.1) is 5.56 Å². The minimum Gasteiger partial charge on any atom is -0.406 e. The van der Waals surface area contributed by atoms with Crippen molar-refractivity contribution in [1.29, 1.82) is 0 Å². The van der Waals surface area contributed by atoms with E-state index < -0.39 is 23.9 Å². The topological polar surface area (TPSA) is 9.23 Å². The molecule has 0 aliphatic rings. The Bertz CT molecular complexity index is 672. The molecule has 0 unspecified atom stereocenters. The lowest BCUT2D eigenvalue weighted by molar-refractivity contribution is -0.274. The summed E-state index contributed by atoms with van der Waals surface area (Å²) in [6, 6.07) is 7.95. The van der Waals surface area contributed by atoms with Gasteiger partial charge >= 0.3 is 12.5 Å². The van der Waals surface area contributed by atoms with Crippen molar-refractivity contribution in [3.8, 4) is 16.9 Å². The van der Waals surface area contributed by atoms with E-state index in [1.54, 1.807) is 6.92 Å². The number of ether oxygens (including phenoxy) is 1. The third-order valence-electron chi connectivity index (χ3n) is 2.94. The van der Waals surface area contributed by atoms with Gasteiger partial charge in [-0.05, 0) is 47.9 Å². The monoisotopic (exact) mass is 320 g/mol. The molecule has 0 aliphatic heterocycles. The zero-order valence-corrected chi connectivity index (χ0v) is 11.2. The third-order valence-corrected chi connectivity index (χ3v) is 2.94. The molecule has 0 amide bonds. The van der Waals surface area contributed by atoms with Crippen molar-refractivity contribution in [1.82, 2.24) is 0 Å². The predicted octanol–water partition coefficient (Wildman–Crippen LogP) is 5.58. The molecule has 0 aromatic heterocycles. The lowest BCUT2D eigenvalue weighted by Crippen LogP contribution is -2.17. The maximum atomic E-state index is 12.7. The van der Waals surface area contributed by atoms with Crippen molar-refractivity contribution in [3.63, 3.8) is 0 Å². The molecule has 0 atom stereocenters. The van der Waals surface area contributed by atoms with Crippen LogP contribution >= 0.6 is 0 Å². The molecule has 22 heavy (non-hydrogen) atoms. The fourth-order valence-electron chi connectivity index (χ4n) is 1.97. The second-order valence-electron chi connectivity index (χ2n) is 4.60. The van der Waals surface area contributed by atoms with Crippen molar-refractivity contribution in [2.24, 2.45) is 0 Å². The molecule has 2 aromatic rings. The standard InChI is InChI=1S/C15H10F6O/c1-9-5-6-11(14(16,17)18)8-13(9)10-3-2-4-12(7-10)22-15(19,20)21/h2-8H,1H3. The molecular formula is C15H10F6O. The average Bonchev–Trinajstić information content (AvgIpc) is 2.36. The van der Waals surface area contributed by atoms with Crippen LogP contribution in [0.5, 0.6) is 5.75 Å². The molecule has 118 valence electrons. The average molecular weight is 320 g/mol. The van der Waals surface area contributed by atoms with E-state index in [0.717, 1.165) is 24.3 Å². The summed E-state index contributed by atoms with van der Waals surface area (Å²) in [6.07, 6.45) is -9.38. The lowest BCUT2D eigenvalue weighted by Gasteiger charge is -2.13. The SMILES string of the molecule is Cc1ccc(C(F)(F)F)cc1-c1cccc(OC(F)(F)F)c1. The summed E-state index contributed by atoms with van der Waals surface area (Å²) >= 11 is 0. The van der Waals surface area contributed by atoms with Gasteiger partial charge in [-0.1, -0.05) is 18.2 Å². The van der Waals surface area contributed by atoms with Gasteiger partial charge in [-0.25, -0.2) is 0 Å². The van der Waals surface area contributed by atoms with E-state index >= 15 is 0 Å². The first-order valence-electron chi connectivity index (χ1n) is 6.10. The quantitative estimate of drug-likeness (QED) is 0.656. The molecule has 0 saturated heterocycles. The summed E-state index contributed by atoms with van der Waals surface area (Å²) in [7, 11) is 0. The maximum Gasteiger partial charge on any atom is 0.573 e. The van der Waals surface area contributed by atoms with E-state index in [2.05, 4.69) is 4.74 Å². The Labute approximate surface area is 122 Å². The number of hydrogen-bond donors (Lipinski definition) is 0. The van der Waals surface area contributed by atoms with Gasteiger partial charge in [-0.3, -0.25) is 0 Å². The highest BCUT2D eigenvalue weighted by Gasteiger charge is 2.32. The normalized spacial score (nSPS) is 12.3.